The molecular weight excluding hydrogens is 256 g/mol. The molecule has 2 fully saturated rings. The maximum Gasteiger partial charge on any atom is 0.234 e. The minimum Gasteiger partial charge on any atom is -0.360 e. The van der Waals surface area contributed by atoms with Crippen LogP contribution >= 0.6 is 0 Å². The lowest BCUT2D eigenvalue weighted by atomic mass is 9.85. The van der Waals surface area contributed by atoms with Gasteiger partial charge in [0, 0.05) is 30.9 Å². The molecule has 104 valence electrons. The number of nitrogens with zero attached hydrogens (tertiary/aromatic N) is 2. The third-order valence-corrected chi connectivity index (χ3v) is 4.25. The molecule has 6 nitrogen and oxygen atoms in total. The first kappa shape index (κ1) is 12.9. The van der Waals surface area contributed by atoms with Crippen LogP contribution < -0.4 is 5.32 Å². The molecule has 3 heterocycles. The van der Waals surface area contributed by atoms with Crippen molar-refractivity contribution in [3.8, 4) is 6.07 Å². The zero-order valence-electron chi connectivity index (χ0n) is 11.3. The van der Waals surface area contributed by atoms with Gasteiger partial charge in [0.25, 0.3) is 0 Å². The van der Waals surface area contributed by atoms with E-state index in [-0.39, 0.29) is 11.8 Å². The minimum absolute atomic E-state index is 0.134. The molecule has 2 saturated heterocycles. The van der Waals surface area contributed by atoms with Crippen LogP contribution in [0.1, 0.15) is 29.8 Å². The van der Waals surface area contributed by atoms with E-state index in [1.165, 1.54) is 0 Å². The maximum atomic E-state index is 11.9. The lowest BCUT2D eigenvalue weighted by Gasteiger charge is -2.19. The molecule has 3 rings (SSSR count). The monoisotopic (exact) mass is 272 g/mol. The summed E-state index contributed by atoms with van der Waals surface area (Å²) in [4.78, 5) is 28.6. The molecule has 1 unspecified atom stereocenters. The molecule has 1 spiro atoms. The number of carbonyl (C=O) groups is 2. The predicted octanol–water partition coefficient (Wildman–Crippen LogP) is 0.433. The first-order valence-electron chi connectivity index (χ1n) is 6.68. The Labute approximate surface area is 116 Å². The van der Waals surface area contributed by atoms with Crippen LogP contribution in [0.4, 0.5) is 0 Å². The number of rotatable bonds is 2. The number of hydrogen-bond acceptors (Lipinski definition) is 4. The number of nitrogens with one attached hydrogen (secondary N) is 2. The highest BCUT2D eigenvalue weighted by Gasteiger charge is 2.50. The second-order valence-electron chi connectivity index (χ2n) is 5.74. The average molecular weight is 272 g/mol. The normalized spacial score (nSPS) is 26.2. The Morgan fingerprint density at radius 2 is 2.30 bits per heavy atom. The molecule has 0 saturated carbocycles. The van der Waals surface area contributed by atoms with Crippen LogP contribution in [0.25, 0.3) is 0 Å². The Hall–Kier alpha value is -2.13. The van der Waals surface area contributed by atoms with E-state index < -0.39 is 5.41 Å². The van der Waals surface area contributed by atoms with Crippen LogP contribution in [0.15, 0.2) is 6.07 Å². The average Bonchev–Trinajstić information content (AvgIpc) is 3.01. The van der Waals surface area contributed by atoms with Gasteiger partial charge in [0.15, 0.2) is 0 Å². The van der Waals surface area contributed by atoms with Gasteiger partial charge in [0.05, 0.1) is 11.0 Å². The van der Waals surface area contributed by atoms with E-state index in [9.17, 15) is 9.59 Å². The third-order valence-electron chi connectivity index (χ3n) is 4.25. The van der Waals surface area contributed by atoms with Crippen molar-refractivity contribution >= 4 is 11.8 Å². The van der Waals surface area contributed by atoms with Crippen LogP contribution in [0.3, 0.4) is 0 Å². The third kappa shape index (κ3) is 2.00. The van der Waals surface area contributed by atoms with E-state index in [4.69, 9.17) is 5.26 Å². The lowest BCUT2D eigenvalue weighted by Crippen LogP contribution is -2.34. The van der Waals surface area contributed by atoms with Gasteiger partial charge in [-0.2, -0.15) is 5.26 Å². The van der Waals surface area contributed by atoms with Crippen molar-refractivity contribution in [2.75, 3.05) is 13.1 Å². The highest BCUT2D eigenvalue weighted by molar-refractivity contribution is 6.06. The van der Waals surface area contributed by atoms with Crippen molar-refractivity contribution in [1.82, 2.24) is 15.2 Å². The molecule has 1 aromatic heterocycles. The standard InChI is InChI=1S/C14H16N4O2/c1-9-10(6-15)4-11(16-9)7-18-3-2-14(8-18)5-12(19)17-13(14)20/h4,16H,2-3,5,7-8H2,1H3,(H,17,19,20). The SMILES string of the molecule is Cc1[nH]c(CN2CCC3(CC(=O)NC3=O)C2)cc1C#N. The van der Waals surface area contributed by atoms with E-state index in [0.29, 0.717) is 25.1 Å². The van der Waals surface area contributed by atoms with Gasteiger partial charge in [-0.25, -0.2) is 0 Å². The number of nitriles is 1. The van der Waals surface area contributed by atoms with E-state index >= 15 is 0 Å². The number of amides is 2. The summed E-state index contributed by atoms with van der Waals surface area (Å²) in [6.45, 7) is 3.94. The van der Waals surface area contributed by atoms with E-state index in [1.54, 1.807) is 0 Å². The molecule has 6 heteroatoms. The Kier molecular flexibility index (Phi) is 2.87. The molecule has 0 aliphatic carbocycles. The molecule has 0 radical (unpaired) electrons. The highest BCUT2D eigenvalue weighted by atomic mass is 16.2. The molecule has 2 aliphatic heterocycles. The smallest absolute Gasteiger partial charge is 0.234 e. The predicted molar refractivity (Wildman–Crippen MR) is 70.3 cm³/mol. The molecule has 1 aromatic rings. The van der Waals surface area contributed by atoms with Crippen molar-refractivity contribution in [3.63, 3.8) is 0 Å². The summed E-state index contributed by atoms with van der Waals surface area (Å²) < 4.78 is 0. The summed E-state index contributed by atoms with van der Waals surface area (Å²) in [6.07, 6.45) is 1.02. The number of aryl methyl sites for hydroxylation is 1. The quantitative estimate of drug-likeness (QED) is 0.764. The van der Waals surface area contributed by atoms with Gasteiger partial charge < -0.3 is 4.98 Å². The van der Waals surface area contributed by atoms with Gasteiger partial charge in [-0.3, -0.25) is 19.8 Å². The van der Waals surface area contributed by atoms with Crippen molar-refractivity contribution in [1.29, 1.82) is 5.26 Å². The van der Waals surface area contributed by atoms with Crippen molar-refractivity contribution in [2.45, 2.75) is 26.3 Å². The molecule has 2 N–H and O–H groups in total. The first-order valence-corrected chi connectivity index (χ1v) is 6.68. The maximum absolute atomic E-state index is 11.9. The van der Waals surface area contributed by atoms with Crippen LogP contribution in [0.5, 0.6) is 0 Å². The molecular formula is C14H16N4O2. The summed E-state index contributed by atoms with van der Waals surface area (Å²) in [6, 6.07) is 3.99. The molecule has 1 atom stereocenters. The van der Waals surface area contributed by atoms with Gasteiger partial charge in [-0.15, -0.1) is 0 Å². The van der Waals surface area contributed by atoms with Crippen LogP contribution in [0, 0.1) is 23.7 Å². The number of likely N-dealkylation sites (tertiary alicyclic amines) is 1. The number of aromatic nitrogens is 1. The molecule has 20 heavy (non-hydrogen) atoms. The van der Waals surface area contributed by atoms with Crippen molar-refractivity contribution < 1.29 is 9.59 Å². The highest BCUT2D eigenvalue weighted by Crippen LogP contribution is 2.38. The van der Waals surface area contributed by atoms with E-state index in [1.807, 2.05) is 13.0 Å². The van der Waals surface area contributed by atoms with Crippen LogP contribution in [-0.4, -0.2) is 34.8 Å². The van der Waals surface area contributed by atoms with Crippen molar-refractivity contribution in [3.05, 3.63) is 23.0 Å². The van der Waals surface area contributed by atoms with Crippen LogP contribution in [-0.2, 0) is 16.1 Å². The van der Waals surface area contributed by atoms with Gasteiger partial charge in [-0.1, -0.05) is 0 Å². The largest absolute Gasteiger partial charge is 0.360 e. The molecule has 2 aliphatic rings. The summed E-state index contributed by atoms with van der Waals surface area (Å²) >= 11 is 0. The number of aromatic amines is 1. The van der Waals surface area contributed by atoms with Crippen LogP contribution in [0.2, 0.25) is 0 Å². The van der Waals surface area contributed by atoms with E-state index in [2.05, 4.69) is 21.3 Å². The molecule has 2 amide bonds. The fourth-order valence-electron chi connectivity index (χ4n) is 3.18. The second-order valence-corrected chi connectivity index (χ2v) is 5.74. The zero-order valence-corrected chi connectivity index (χ0v) is 11.3. The lowest BCUT2D eigenvalue weighted by molar-refractivity contribution is -0.128. The first-order chi connectivity index (χ1) is 9.52. The second kappa shape index (κ2) is 4.46. The Balaban J connectivity index is 1.70. The van der Waals surface area contributed by atoms with E-state index in [0.717, 1.165) is 24.4 Å². The van der Waals surface area contributed by atoms with Gasteiger partial charge in [-0.05, 0) is 26.0 Å². The summed E-state index contributed by atoms with van der Waals surface area (Å²) in [5.41, 5.74) is 1.96. The summed E-state index contributed by atoms with van der Waals surface area (Å²) in [7, 11) is 0. The van der Waals surface area contributed by atoms with Gasteiger partial charge in [0.2, 0.25) is 11.8 Å². The number of imide groups is 1. The fourth-order valence-corrected chi connectivity index (χ4v) is 3.18. The topological polar surface area (TPSA) is 89.0 Å². The van der Waals surface area contributed by atoms with Gasteiger partial charge >= 0.3 is 0 Å². The Morgan fingerprint density at radius 3 is 2.90 bits per heavy atom. The van der Waals surface area contributed by atoms with Gasteiger partial charge in [0.1, 0.15) is 6.07 Å². The Morgan fingerprint density at radius 1 is 1.50 bits per heavy atom. The molecule has 0 bridgehead atoms. The summed E-state index contributed by atoms with van der Waals surface area (Å²) in [5, 5.41) is 11.4. The number of carbonyl (C=O) groups excluding carboxylic acids is 2. The van der Waals surface area contributed by atoms with Crippen molar-refractivity contribution in [2.24, 2.45) is 5.41 Å². The summed E-state index contributed by atoms with van der Waals surface area (Å²) in [5.74, 6) is -0.301. The number of H-pyrrole nitrogens is 1. The fraction of sp³-hybridized carbons (Fsp3) is 0.500. The Bertz CT molecular complexity index is 628. The zero-order chi connectivity index (χ0) is 14.3. The minimum atomic E-state index is -0.531. The molecule has 0 aromatic carbocycles. The number of hydrogen-bond donors (Lipinski definition) is 2.